The minimum absolute atomic E-state index is 0.280. The summed E-state index contributed by atoms with van der Waals surface area (Å²) in [5, 5.41) is 3.62. The van der Waals surface area contributed by atoms with Gasteiger partial charge in [0, 0.05) is 24.1 Å². The van der Waals surface area contributed by atoms with Crippen molar-refractivity contribution in [3.05, 3.63) is 59.4 Å². The lowest BCUT2D eigenvalue weighted by molar-refractivity contribution is 0.529. The monoisotopic (exact) mass is 283 g/mol. The number of hydrogen-bond acceptors (Lipinski definition) is 3. The third kappa shape index (κ3) is 4.30. The number of rotatable bonds is 7. The van der Waals surface area contributed by atoms with Crippen LogP contribution in [0.5, 0.6) is 0 Å². The molecule has 0 spiro atoms. The molecule has 1 atom stereocenters. The summed E-state index contributed by atoms with van der Waals surface area (Å²) >= 11 is 0. The van der Waals surface area contributed by atoms with Crippen LogP contribution in [0.15, 0.2) is 42.7 Å². The lowest BCUT2D eigenvalue weighted by Crippen LogP contribution is -2.24. The van der Waals surface area contributed by atoms with Gasteiger partial charge in [-0.3, -0.25) is 4.98 Å². The quantitative estimate of drug-likeness (QED) is 0.817. The maximum atomic E-state index is 6.05. The molecule has 3 N–H and O–H groups in total. The van der Waals surface area contributed by atoms with Gasteiger partial charge in [0.25, 0.3) is 0 Å². The predicted octanol–water partition coefficient (Wildman–Crippen LogP) is 3.51. The van der Waals surface area contributed by atoms with E-state index in [1.807, 2.05) is 12.3 Å². The molecule has 0 aliphatic heterocycles. The number of nitrogen functional groups attached to an aromatic ring is 1. The average molecular weight is 283 g/mol. The van der Waals surface area contributed by atoms with E-state index in [0.717, 1.165) is 37.1 Å². The summed E-state index contributed by atoms with van der Waals surface area (Å²) in [6.07, 6.45) is 6.67. The molecule has 1 unspecified atom stereocenters. The van der Waals surface area contributed by atoms with Gasteiger partial charge >= 0.3 is 0 Å². The molecule has 0 radical (unpaired) electrons. The summed E-state index contributed by atoms with van der Waals surface area (Å²) in [7, 11) is 0. The Morgan fingerprint density at radius 3 is 2.52 bits per heavy atom. The second kappa shape index (κ2) is 7.79. The van der Waals surface area contributed by atoms with Crippen molar-refractivity contribution in [3.8, 4) is 0 Å². The van der Waals surface area contributed by atoms with E-state index in [1.165, 1.54) is 11.1 Å². The fraction of sp³-hybridized carbons (Fsp3) is 0.389. The molecular formula is C18H25N3. The molecule has 21 heavy (non-hydrogen) atoms. The van der Waals surface area contributed by atoms with Crippen LogP contribution < -0.4 is 11.1 Å². The van der Waals surface area contributed by atoms with Crippen LogP contribution in [0.25, 0.3) is 0 Å². The number of aromatic nitrogens is 1. The molecule has 2 aromatic rings. The summed E-state index contributed by atoms with van der Waals surface area (Å²) in [6, 6.07) is 11.0. The second-order valence-electron chi connectivity index (χ2n) is 5.38. The minimum atomic E-state index is 0.280. The molecule has 0 saturated carbocycles. The summed E-state index contributed by atoms with van der Waals surface area (Å²) in [4.78, 5) is 4.19. The first-order chi connectivity index (χ1) is 10.2. The van der Waals surface area contributed by atoms with Crippen molar-refractivity contribution in [1.29, 1.82) is 0 Å². The van der Waals surface area contributed by atoms with E-state index in [2.05, 4.69) is 48.4 Å². The minimum Gasteiger partial charge on any atom is -0.398 e. The highest BCUT2D eigenvalue weighted by Crippen LogP contribution is 2.22. The summed E-state index contributed by atoms with van der Waals surface area (Å²) in [5.41, 5.74) is 10.7. The molecule has 0 amide bonds. The number of hydrogen-bond donors (Lipinski definition) is 2. The number of nitrogens with one attached hydrogen (secondary N) is 1. The fourth-order valence-corrected chi connectivity index (χ4v) is 2.44. The van der Waals surface area contributed by atoms with Gasteiger partial charge < -0.3 is 11.1 Å². The SMILES string of the molecule is CCCNC(Cc1cnccc1N)c1ccc(CC)cc1. The lowest BCUT2D eigenvalue weighted by Gasteiger charge is -2.20. The molecule has 3 heteroatoms. The van der Waals surface area contributed by atoms with Crippen molar-refractivity contribution in [2.24, 2.45) is 0 Å². The Balaban J connectivity index is 2.18. The number of pyridine rings is 1. The largest absolute Gasteiger partial charge is 0.398 e. The maximum absolute atomic E-state index is 6.05. The fourth-order valence-electron chi connectivity index (χ4n) is 2.44. The number of nitrogens with zero attached hydrogens (tertiary/aromatic N) is 1. The van der Waals surface area contributed by atoms with Crippen LogP contribution in [0.2, 0.25) is 0 Å². The lowest BCUT2D eigenvalue weighted by atomic mass is 9.97. The molecule has 0 bridgehead atoms. The highest BCUT2D eigenvalue weighted by molar-refractivity contribution is 5.45. The van der Waals surface area contributed by atoms with Gasteiger partial charge in [0.05, 0.1) is 0 Å². The zero-order valence-corrected chi connectivity index (χ0v) is 13.0. The van der Waals surface area contributed by atoms with Crippen LogP contribution in [0.3, 0.4) is 0 Å². The number of benzene rings is 1. The third-order valence-electron chi connectivity index (χ3n) is 3.80. The van der Waals surface area contributed by atoms with Crippen molar-refractivity contribution < 1.29 is 0 Å². The van der Waals surface area contributed by atoms with Gasteiger partial charge in [-0.2, -0.15) is 0 Å². The summed E-state index contributed by atoms with van der Waals surface area (Å²) < 4.78 is 0. The first-order valence-corrected chi connectivity index (χ1v) is 7.75. The Labute approximate surface area is 127 Å². The molecule has 112 valence electrons. The van der Waals surface area contributed by atoms with Gasteiger partial charge in [-0.1, -0.05) is 38.1 Å². The predicted molar refractivity (Wildman–Crippen MR) is 89.2 cm³/mol. The van der Waals surface area contributed by atoms with Gasteiger partial charge in [-0.25, -0.2) is 0 Å². The first kappa shape index (κ1) is 15.5. The smallest absolute Gasteiger partial charge is 0.0378 e. The van der Waals surface area contributed by atoms with Gasteiger partial charge in [0.15, 0.2) is 0 Å². The summed E-state index contributed by atoms with van der Waals surface area (Å²) in [6.45, 7) is 5.36. The standard InChI is InChI=1S/C18H25N3/c1-3-10-21-18(12-16-13-20-11-9-17(16)19)15-7-5-14(4-2)6-8-15/h5-9,11,13,18,21H,3-4,10,12H2,1-2H3,(H2,19,20). The number of anilines is 1. The molecule has 0 aliphatic carbocycles. The molecule has 2 rings (SSSR count). The van der Waals surface area contributed by atoms with Gasteiger partial charge in [-0.15, -0.1) is 0 Å². The Morgan fingerprint density at radius 1 is 1.14 bits per heavy atom. The molecule has 1 heterocycles. The maximum Gasteiger partial charge on any atom is 0.0378 e. The molecule has 3 nitrogen and oxygen atoms in total. The van der Waals surface area contributed by atoms with E-state index in [1.54, 1.807) is 6.20 Å². The van der Waals surface area contributed by atoms with Crippen LogP contribution >= 0.6 is 0 Å². The topological polar surface area (TPSA) is 50.9 Å². The summed E-state index contributed by atoms with van der Waals surface area (Å²) in [5.74, 6) is 0. The Morgan fingerprint density at radius 2 is 1.90 bits per heavy atom. The van der Waals surface area contributed by atoms with E-state index in [9.17, 15) is 0 Å². The average Bonchev–Trinajstić information content (AvgIpc) is 2.53. The van der Waals surface area contributed by atoms with Crippen molar-refractivity contribution in [1.82, 2.24) is 10.3 Å². The van der Waals surface area contributed by atoms with E-state index >= 15 is 0 Å². The molecular weight excluding hydrogens is 258 g/mol. The van der Waals surface area contributed by atoms with Gasteiger partial charge in [-0.05, 0) is 48.6 Å². The first-order valence-electron chi connectivity index (χ1n) is 7.75. The molecule has 0 fully saturated rings. The van der Waals surface area contributed by atoms with Crippen LogP contribution in [-0.2, 0) is 12.8 Å². The van der Waals surface area contributed by atoms with E-state index in [4.69, 9.17) is 5.73 Å². The Kier molecular flexibility index (Phi) is 5.76. The van der Waals surface area contributed by atoms with E-state index < -0.39 is 0 Å². The van der Waals surface area contributed by atoms with Crippen LogP contribution in [0.1, 0.15) is 43.0 Å². The zero-order valence-electron chi connectivity index (χ0n) is 13.0. The normalized spacial score (nSPS) is 12.3. The number of aryl methyl sites for hydroxylation is 1. The molecule has 0 saturated heterocycles. The molecule has 0 aliphatic rings. The van der Waals surface area contributed by atoms with Gasteiger partial charge in [0.1, 0.15) is 0 Å². The van der Waals surface area contributed by atoms with E-state index in [0.29, 0.717) is 0 Å². The highest BCUT2D eigenvalue weighted by Gasteiger charge is 2.13. The van der Waals surface area contributed by atoms with Crippen molar-refractivity contribution in [2.45, 2.75) is 39.2 Å². The molecule has 1 aromatic heterocycles. The van der Waals surface area contributed by atoms with Crippen molar-refractivity contribution in [2.75, 3.05) is 12.3 Å². The van der Waals surface area contributed by atoms with Crippen LogP contribution in [-0.4, -0.2) is 11.5 Å². The van der Waals surface area contributed by atoms with Crippen LogP contribution in [0.4, 0.5) is 5.69 Å². The van der Waals surface area contributed by atoms with E-state index in [-0.39, 0.29) is 6.04 Å². The van der Waals surface area contributed by atoms with Crippen molar-refractivity contribution >= 4 is 5.69 Å². The molecule has 1 aromatic carbocycles. The Hall–Kier alpha value is -1.87. The Bertz CT molecular complexity index is 549. The van der Waals surface area contributed by atoms with Gasteiger partial charge in [0.2, 0.25) is 0 Å². The number of nitrogens with two attached hydrogens (primary N) is 1. The highest BCUT2D eigenvalue weighted by atomic mass is 14.9. The zero-order chi connectivity index (χ0) is 15.1. The third-order valence-corrected chi connectivity index (χ3v) is 3.80. The van der Waals surface area contributed by atoms with Crippen LogP contribution in [0, 0.1) is 0 Å². The van der Waals surface area contributed by atoms with Crippen molar-refractivity contribution in [3.63, 3.8) is 0 Å². The second-order valence-corrected chi connectivity index (χ2v) is 5.38.